The predicted octanol–water partition coefficient (Wildman–Crippen LogP) is 2.90. The second kappa shape index (κ2) is 8.93. The number of nitrogens with zero attached hydrogens (tertiary/aromatic N) is 1. The number of nitrogens with one attached hydrogen (secondary N) is 1. The summed E-state index contributed by atoms with van der Waals surface area (Å²) in [5, 5.41) is 0. The van der Waals surface area contributed by atoms with Crippen molar-refractivity contribution in [1.29, 1.82) is 0 Å². The first-order valence-corrected chi connectivity index (χ1v) is 10.1. The zero-order chi connectivity index (χ0) is 20.1. The lowest BCUT2D eigenvalue weighted by atomic mass is 10.0. The number of carbonyl (C=O) groups excluding carboxylic acids is 1. The molecule has 4 rings (SSSR count). The normalized spacial score (nSPS) is 14.6. The molecule has 1 heterocycles. The van der Waals surface area contributed by atoms with E-state index in [1.165, 1.54) is 16.0 Å². The van der Waals surface area contributed by atoms with E-state index in [0.29, 0.717) is 0 Å². The van der Waals surface area contributed by atoms with Crippen LogP contribution in [0.3, 0.4) is 0 Å². The van der Waals surface area contributed by atoms with Crippen molar-refractivity contribution in [3.05, 3.63) is 90.0 Å². The van der Waals surface area contributed by atoms with Crippen molar-refractivity contribution in [1.82, 2.24) is 4.90 Å². The van der Waals surface area contributed by atoms with Gasteiger partial charge in [-0.25, -0.2) is 0 Å². The Morgan fingerprint density at radius 2 is 1.48 bits per heavy atom. The van der Waals surface area contributed by atoms with Crippen LogP contribution in [0.15, 0.2) is 78.9 Å². The van der Waals surface area contributed by atoms with Gasteiger partial charge in [0.05, 0.1) is 33.3 Å². The molecule has 0 aliphatic carbocycles. The van der Waals surface area contributed by atoms with E-state index in [9.17, 15) is 4.79 Å². The average molecular weight is 388 g/mol. The quantitative estimate of drug-likeness (QED) is 0.730. The molecule has 0 atom stereocenters. The highest BCUT2D eigenvalue weighted by atomic mass is 16.5. The van der Waals surface area contributed by atoms with Gasteiger partial charge in [0.2, 0.25) is 0 Å². The van der Waals surface area contributed by atoms with E-state index in [1.54, 1.807) is 7.11 Å². The largest absolute Gasteiger partial charge is 0.496 e. The summed E-state index contributed by atoms with van der Waals surface area (Å²) in [7, 11) is 1.72. The molecule has 0 unspecified atom stereocenters. The molecule has 3 aromatic carbocycles. The number of hydrogen-bond donors (Lipinski definition) is 1. The molecule has 0 aromatic heterocycles. The van der Waals surface area contributed by atoms with Crippen molar-refractivity contribution in [2.45, 2.75) is 6.54 Å². The van der Waals surface area contributed by atoms with E-state index < -0.39 is 0 Å². The van der Waals surface area contributed by atoms with E-state index in [2.05, 4.69) is 24.3 Å². The van der Waals surface area contributed by atoms with Crippen molar-refractivity contribution in [2.24, 2.45) is 0 Å². The predicted molar refractivity (Wildman–Crippen MR) is 115 cm³/mol. The highest BCUT2D eigenvalue weighted by Crippen LogP contribution is 2.20. The van der Waals surface area contributed by atoms with Crippen LogP contribution in [0, 0.1) is 0 Å². The zero-order valence-corrected chi connectivity index (χ0v) is 16.8. The summed E-state index contributed by atoms with van der Waals surface area (Å²) in [6.45, 7) is 4.39. The van der Waals surface area contributed by atoms with Crippen LogP contribution in [0.4, 0.5) is 0 Å². The van der Waals surface area contributed by atoms with Gasteiger partial charge >= 0.3 is 0 Å². The summed E-state index contributed by atoms with van der Waals surface area (Å²) in [5.74, 6) is 1.07. The van der Waals surface area contributed by atoms with Crippen LogP contribution >= 0.6 is 0 Å². The minimum atomic E-state index is 0.126. The fourth-order valence-electron chi connectivity index (χ4n) is 3.94. The van der Waals surface area contributed by atoms with Gasteiger partial charge in [-0.15, -0.1) is 0 Å². The standard InChI is InChI=1S/C25H26N2O2/c1-29-24-10-6-5-9-23(24)19-26-15-17-27(18-16-26)25(28)22-13-11-21(12-14-22)20-7-3-2-4-8-20/h2-14H,15-19H2,1H3/p+1. The summed E-state index contributed by atoms with van der Waals surface area (Å²) in [4.78, 5) is 16.4. The fourth-order valence-corrected chi connectivity index (χ4v) is 3.94. The smallest absolute Gasteiger partial charge is 0.254 e. The van der Waals surface area contributed by atoms with Crippen LogP contribution in [0.1, 0.15) is 15.9 Å². The Morgan fingerprint density at radius 1 is 0.862 bits per heavy atom. The minimum Gasteiger partial charge on any atom is -0.496 e. The van der Waals surface area contributed by atoms with Crippen molar-refractivity contribution >= 4 is 5.91 Å². The fraction of sp³-hybridized carbons (Fsp3) is 0.240. The van der Waals surface area contributed by atoms with Gasteiger partial charge in [-0.3, -0.25) is 4.79 Å². The third-order valence-electron chi connectivity index (χ3n) is 5.63. The number of methoxy groups -OCH3 is 1. The van der Waals surface area contributed by atoms with Crippen LogP contribution in [0.2, 0.25) is 0 Å². The van der Waals surface area contributed by atoms with Crippen molar-refractivity contribution < 1.29 is 14.4 Å². The number of rotatable bonds is 5. The number of hydrogen-bond acceptors (Lipinski definition) is 2. The van der Waals surface area contributed by atoms with E-state index in [4.69, 9.17) is 4.74 Å². The molecule has 29 heavy (non-hydrogen) atoms. The van der Waals surface area contributed by atoms with Gasteiger partial charge in [-0.05, 0) is 35.4 Å². The molecule has 3 aromatic rings. The van der Waals surface area contributed by atoms with Gasteiger partial charge in [0.15, 0.2) is 0 Å². The van der Waals surface area contributed by atoms with Crippen LogP contribution in [-0.4, -0.2) is 44.1 Å². The SMILES string of the molecule is COc1ccccc1C[NH+]1CCN(C(=O)c2ccc(-c3ccccc3)cc2)CC1. The van der Waals surface area contributed by atoms with Gasteiger partial charge in [0.1, 0.15) is 12.3 Å². The summed E-state index contributed by atoms with van der Waals surface area (Å²) >= 11 is 0. The van der Waals surface area contributed by atoms with E-state index in [1.807, 2.05) is 59.5 Å². The second-order valence-corrected chi connectivity index (χ2v) is 7.47. The molecule has 1 N–H and O–H groups in total. The molecule has 1 amide bonds. The maximum absolute atomic E-state index is 12.9. The zero-order valence-electron chi connectivity index (χ0n) is 16.8. The molecule has 148 valence electrons. The lowest BCUT2D eigenvalue weighted by molar-refractivity contribution is -0.917. The van der Waals surface area contributed by atoms with Crippen LogP contribution < -0.4 is 9.64 Å². The van der Waals surface area contributed by atoms with Gasteiger partial charge in [-0.2, -0.15) is 0 Å². The highest BCUT2D eigenvalue weighted by Gasteiger charge is 2.25. The molecule has 4 nitrogen and oxygen atoms in total. The summed E-state index contributed by atoms with van der Waals surface area (Å²) in [6, 6.07) is 26.4. The second-order valence-electron chi connectivity index (χ2n) is 7.47. The average Bonchev–Trinajstić information content (AvgIpc) is 2.80. The number of amides is 1. The van der Waals surface area contributed by atoms with Gasteiger partial charge in [0, 0.05) is 11.1 Å². The lowest BCUT2D eigenvalue weighted by Crippen LogP contribution is -3.13. The molecule has 1 fully saturated rings. The van der Waals surface area contributed by atoms with Gasteiger partial charge in [-0.1, -0.05) is 54.6 Å². The Hall–Kier alpha value is -3.11. The number of ether oxygens (including phenoxy) is 1. The Labute approximate surface area is 172 Å². The molecule has 1 saturated heterocycles. The number of carbonyl (C=O) groups is 1. The Kier molecular flexibility index (Phi) is 5.92. The van der Waals surface area contributed by atoms with Gasteiger partial charge < -0.3 is 14.5 Å². The van der Waals surface area contributed by atoms with Crippen molar-refractivity contribution in [3.8, 4) is 16.9 Å². The van der Waals surface area contributed by atoms with Crippen LogP contribution in [-0.2, 0) is 6.54 Å². The van der Waals surface area contributed by atoms with Gasteiger partial charge in [0.25, 0.3) is 5.91 Å². The number of para-hydroxylation sites is 1. The van der Waals surface area contributed by atoms with Crippen molar-refractivity contribution in [3.63, 3.8) is 0 Å². The molecule has 0 bridgehead atoms. The first-order chi connectivity index (χ1) is 14.2. The highest BCUT2D eigenvalue weighted by molar-refractivity contribution is 5.94. The van der Waals surface area contributed by atoms with E-state index >= 15 is 0 Å². The lowest BCUT2D eigenvalue weighted by Gasteiger charge is -2.32. The molecule has 4 heteroatoms. The molecule has 1 aliphatic heterocycles. The number of piperazine rings is 1. The summed E-state index contributed by atoms with van der Waals surface area (Å²) in [6.07, 6.45) is 0. The Morgan fingerprint density at radius 3 is 2.17 bits per heavy atom. The Balaban J connectivity index is 1.35. The summed E-state index contributed by atoms with van der Waals surface area (Å²) < 4.78 is 5.47. The third-order valence-corrected chi connectivity index (χ3v) is 5.63. The van der Waals surface area contributed by atoms with Crippen LogP contribution in [0.5, 0.6) is 5.75 Å². The first-order valence-electron chi connectivity index (χ1n) is 10.1. The molecule has 1 aliphatic rings. The molecule has 0 saturated carbocycles. The Bertz CT molecular complexity index is 946. The van der Waals surface area contributed by atoms with E-state index in [0.717, 1.165) is 49.6 Å². The maximum atomic E-state index is 12.9. The number of benzene rings is 3. The minimum absolute atomic E-state index is 0.126. The van der Waals surface area contributed by atoms with Crippen molar-refractivity contribution in [2.75, 3.05) is 33.3 Å². The van der Waals surface area contributed by atoms with E-state index in [-0.39, 0.29) is 5.91 Å². The monoisotopic (exact) mass is 387 g/mol. The first kappa shape index (κ1) is 19.2. The molecule has 0 spiro atoms. The summed E-state index contributed by atoms with van der Waals surface area (Å²) in [5.41, 5.74) is 4.28. The molecular formula is C25H27N2O2+. The maximum Gasteiger partial charge on any atom is 0.254 e. The number of quaternary nitrogens is 1. The topological polar surface area (TPSA) is 34.0 Å². The third kappa shape index (κ3) is 4.49. The molecular weight excluding hydrogens is 360 g/mol. The molecule has 0 radical (unpaired) electrons. The van der Waals surface area contributed by atoms with Crippen LogP contribution in [0.25, 0.3) is 11.1 Å².